The van der Waals surface area contributed by atoms with Gasteiger partial charge >= 0.3 is 12.1 Å². The molecular formula is C9H16O6. The van der Waals surface area contributed by atoms with E-state index in [1.807, 2.05) is 0 Å². The molecule has 0 aromatic carbocycles. The molecule has 0 radical (unpaired) electrons. The van der Waals surface area contributed by atoms with Crippen LogP contribution >= 0.6 is 0 Å². The number of rotatable bonds is 5. The molecule has 15 heavy (non-hydrogen) atoms. The van der Waals surface area contributed by atoms with E-state index >= 15 is 0 Å². The maximum Gasteiger partial charge on any atom is 0.513 e. The minimum atomic E-state index is -0.969. The molecule has 0 fully saturated rings. The van der Waals surface area contributed by atoms with Crippen LogP contribution in [0.3, 0.4) is 0 Å². The Hall–Kier alpha value is -1.30. The van der Waals surface area contributed by atoms with Gasteiger partial charge in [-0.3, -0.25) is 4.79 Å². The van der Waals surface area contributed by atoms with Crippen LogP contribution in [0.25, 0.3) is 0 Å². The van der Waals surface area contributed by atoms with Crippen molar-refractivity contribution >= 4 is 12.1 Å². The molecule has 6 nitrogen and oxygen atoms in total. The minimum absolute atomic E-state index is 0.425. The first-order valence-corrected chi connectivity index (χ1v) is 4.61. The molecular weight excluding hydrogens is 204 g/mol. The van der Waals surface area contributed by atoms with Gasteiger partial charge in [0.15, 0.2) is 0 Å². The summed E-state index contributed by atoms with van der Waals surface area (Å²) in [6.45, 7) is 6.38. The summed E-state index contributed by atoms with van der Waals surface area (Å²) in [4.78, 5) is 21.5. The molecule has 6 heteroatoms. The molecule has 0 bridgehead atoms. The highest BCUT2D eigenvalue weighted by Gasteiger charge is 2.15. The van der Waals surface area contributed by atoms with Crippen LogP contribution in [0.2, 0.25) is 0 Å². The summed E-state index contributed by atoms with van der Waals surface area (Å²) in [6.07, 6.45) is -2.60. The summed E-state index contributed by atoms with van der Waals surface area (Å²) in [5.74, 6) is -0.534. The van der Waals surface area contributed by atoms with E-state index in [9.17, 15) is 9.59 Å². The lowest BCUT2D eigenvalue weighted by molar-refractivity contribution is -0.172. The first-order chi connectivity index (χ1) is 6.95. The van der Waals surface area contributed by atoms with Gasteiger partial charge in [0, 0.05) is 20.5 Å². The van der Waals surface area contributed by atoms with Gasteiger partial charge in [-0.25, -0.2) is 4.79 Å². The molecule has 0 aliphatic heterocycles. The average Bonchev–Trinajstić information content (AvgIpc) is 2.00. The van der Waals surface area contributed by atoms with Crippen LogP contribution < -0.4 is 0 Å². The fourth-order valence-electron chi connectivity index (χ4n) is 0.825. The molecule has 0 heterocycles. The Morgan fingerprint density at radius 1 is 1.07 bits per heavy atom. The molecule has 2 atom stereocenters. The summed E-state index contributed by atoms with van der Waals surface area (Å²) in [5, 5.41) is 0. The van der Waals surface area contributed by atoms with Crippen molar-refractivity contribution in [2.24, 2.45) is 0 Å². The zero-order valence-electron chi connectivity index (χ0n) is 9.31. The molecule has 0 aliphatic rings. The fourth-order valence-corrected chi connectivity index (χ4v) is 0.825. The zero-order valence-corrected chi connectivity index (χ0v) is 9.31. The first kappa shape index (κ1) is 13.7. The van der Waals surface area contributed by atoms with Crippen molar-refractivity contribution in [3.8, 4) is 0 Å². The molecule has 0 aromatic heterocycles. The van der Waals surface area contributed by atoms with Gasteiger partial charge in [-0.15, -0.1) is 0 Å². The molecule has 0 aromatic rings. The number of carbonyl (C=O) groups excluding carboxylic acids is 2. The van der Waals surface area contributed by atoms with E-state index in [1.165, 1.54) is 13.8 Å². The summed E-state index contributed by atoms with van der Waals surface area (Å²) in [6, 6.07) is 0. The molecule has 0 saturated carbocycles. The molecule has 2 unspecified atom stereocenters. The van der Waals surface area contributed by atoms with Crippen LogP contribution in [0.15, 0.2) is 0 Å². The molecule has 88 valence electrons. The van der Waals surface area contributed by atoms with Gasteiger partial charge in [-0.1, -0.05) is 0 Å². The topological polar surface area (TPSA) is 71.1 Å². The van der Waals surface area contributed by atoms with Gasteiger partial charge in [-0.05, 0) is 13.8 Å². The second-order valence-electron chi connectivity index (χ2n) is 2.69. The summed E-state index contributed by atoms with van der Waals surface area (Å²) < 4.78 is 18.8. The number of esters is 1. The van der Waals surface area contributed by atoms with E-state index in [1.54, 1.807) is 13.8 Å². The van der Waals surface area contributed by atoms with Gasteiger partial charge < -0.3 is 18.9 Å². The van der Waals surface area contributed by atoms with E-state index < -0.39 is 24.7 Å². The third-order valence-corrected chi connectivity index (χ3v) is 1.26. The van der Waals surface area contributed by atoms with Crippen LogP contribution in [0.4, 0.5) is 4.79 Å². The highest BCUT2D eigenvalue weighted by molar-refractivity contribution is 5.66. The third-order valence-electron chi connectivity index (χ3n) is 1.26. The monoisotopic (exact) mass is 220 g/mol. The SMILES string of the molecule is CCOC(C)OC(=O)OC(C)OC(C)=O. The Bertz CT molecular complexity index is 215. The lowest BCUT2D eigenvalue weighted by Crippen LogP contribution is -2.24. The van der Waals surface area contributed by atoms with Crippen LogP contribution in [0, 0.1) is 0 Å². The van der Waals surface area contributed by atoms with E-state index in [-0.39, 0.29) is 0 Å². The predicted octanol–water partition coefficient (Wildman–Crippen LogP) is 1.43. The van der Waals surface area contributed by atoms with Gasteiger partial charge in [-0.2, -0.15) is 0 Å². The van der Waals surface area contributed by atoms with Crippen molar-refractivity contribution in [3.63, 3.8) is 0 Å². The Balaban J connectivity index is 3.77. The largest absolute Gasteiger partial charge is 0.513 e. The van der Waals surface area contributed by atoms with Crippen molar-refractivity contribution in [2.45, 2.75) is 40.3 Å². The van der Waals surface area contributed by atoms with Crippen molar-refractivity contribution in [2.75, 3.05) is 6.61 Å². The Labute approximate surface area is 88.4 Å². The predicted molar refractivity (Wildman–Crippen MR) is 49.9 cm³/mol. The number of ether oxygens (including phenoxy) is 4. The average molecular weight is 220 g/mol. The minimum Gasteiger partial charge on any atom is -0.426 e. The second kappa shape index (κ2) is 7.05. The van der Waals surface area contributed by atoms with Gasteiger partial charge in [0.1, 0.15) is 0 Å². The summed E-state index contributed by atoms with van der Waals surface area (Å²) in [7, 11) is 0. The highest BCUT2D eigenvalue weighted by atomic mass is 16.8. The molecule has 0 amide bonds. The smallest absolute Gasteiger partial charge is 0.426 e. The lowest BCUT2D eigenvalue weighted by Gasteiger charge is -2.15. The number of carbonyl (C=O) groups is 2. The molecule has 0 rings (SSSR count). The Morgan fingerprint density at radius 3 is 2.07 bits per heavy atom. The second-order valence-corrected chi connectivity index (χ2v) is 2.69. The normalized spacial score (nSPS) is 13.9. The summed E-state index contributed by atoms with van der Waals surface area (Å²) in [5.41, 5.74) is 0. The maximum atomic E-state index is 11.0. The van der Waals surface area contributed by atoms with Crippen LogP contribution in [0.5, 0.6) is 0 Å². The van der Waals surface area contributed by atoms with E-state index in [0.29, 0.717) is 6.61 Å². The molecule has 0 N–H and O–H groups in total. The van der Waals surface area contributed by atoms with Crippen LogP contribution in [0.1, 0.15) is 27.7 Å². The van der Waals surface area contributed by atoms with Crippen LogP contribution in [-0.2, 0) is 23.7 Å². The van der Waals surface area contributed by atoms with Crippen molar-refractivity contribution in [1.82, 2.24) is 0 Å². The van der Waals surface area contributed by atoms with Crippen molar-refractivity contribution in [3.05, 3.63) is 0 Å². The highest BCUT2D eigenvalue weighted by Crippen LogP contribution is 2.01. The number of hydrogen-bond acceptors (Lipinski definition) is 6. The van der Waals surface area contributed by atoms with Gasteiger partial charge in [0.25, 0.3) is 0 Å². The standard InChI is InChI=1S/C9H16O6/c1-5-12-7(3)14-9(11)15-8(4)13-6(2)10/h7-8H,5H2,1-4H3. The molecule has 0 saturated heterocycles. The van der Waals surface area contributed by atoms with Gasteiger partial charge in [0.2, 0.25) is 12.6 Å². The zero-order chi connectivity index (χ0) is 11.8. The third kappa shape index (κ3) is 7.75. The summed E-state index contributed by atoms with van der Waals surface area (Å²) >= 11 is 0. The quantitative estimate of drug-likeness (QED) is 0.515. The van der Waals surface area contributed by atoms with E-state index in [2.05, 4.69) is 14.2 Å². The van der Waals surface area contributed by atoms with E-state index in [0.717, 1.165) is 0 Å². The Kier molecular flexibility index (Phi) is 6.44. The maximum absolute atomic E-state index is 11.0. The molecule has 0 spiro atoms. The molecule has 0 aliphatic carbocycles. The fraction of sp³-hybridized carbons (Fsp3) is 0.778. The Morgan fingerprint density at radius 2 is 1.60 bits per heavy atom. The van der Waals surface area contributed by atoms with E-state index in [4.69, 9.17) is 4.74 Å². The van der Waals surface area contributed by atoms with Crippen LogP contribution in [-0.4, -0.2) is 31.3 Å². The lowest BCUT2D eigenvalue weighted by atomic mass is 10.7. The van der Waals surface area contributed by atoms with Gasteiger partial charge in [0.05, 0.1) is 0 Å². The number of hydrogen-bond donors (Lipinski definition) is 0. The van der Waals surface area contributed by atoms with Crippen molar-refractivity contribution < 1.29 is 28.5 Å². The first-order valence-electron chi connectivity index (χ1n) is 4.61. The van der Waals surface area contributed by atoms with Crippen molar-refractivity contribution in [1.29, 1.82) is 0 Å².